The van der Waals surface area contributed by atoms with Gasteiger partial charge in [-0.05, 0) is 62.7 Å². The Kier molecular flexibility index (Phi) is 7.40. The lowest BCUT2D eigenvalue weighted by molar-refractivity contribution is -0.118. The van der Waals surface area contributed by atoms with Gasteiger partial charge in [0.15, 0.2) is 0 Å². The molecule has 0 aliphatic carbocycles. The molecule has 0 saturated carbocycles. The van der Waals surface area contributed by atoms with Crippen LogP contribution in [0.15, 0.2) is 48.5 Å². The zero-order valence-electron chi connectivity index (χ0n) is 19.3. The predicted octanol–water partition coefficient (Wildman–Crippen LogP) is 2.99. The van der Waals surface area contributed by atoms with Gasteiger partial charge in [0.25, 0.3) is 0 Å². The van der Waals surface area contributed by atoms with Crippen LogP contribution in [-0.4, -0.2) is 53.8 Å². The normalized spacial score (nSPS) is 14.2. The molecule has 2 aromatic rings. The van der Waals surface area contributed by atoms with Crippen molar-refractivity contribution < 1.29 is 29.0 Å². The third-order valence-electron chi connectivity index (χ3n) is 4.95. The van der Waals surface area contributed by atoms with Crippen molar-refractivity contribution in [3.05, 3.63) is 59.7 Å². The summed E-state index contributed by atoms with van der Waals surface area (Å²) in [5.41, 5.74) is 1.24. The zero-order valence-corrected chi connectivity index (χ0v) is 19.3. The average molecular weight is 469 g/mol. The molecule has 0 bridgehead atoms. The number of carboxylic acid groups (broad SMARTS) is 1. The summed E-state index contributed by atoms with van der Waals surface area (Å²) in [4.78, 5) is 49.9. The molecular formula is C24H28N4O6. The number of urea groups is 1. The molecule has 1 fully saturated rings. The van der Waals surface area contributed by atoms with Crippen molar-refractivity contribution in [1.82, 2.24) is 10.6 Å². The number of amides is 4. The fourth-order valence-corrected chi connectivity index (χ4v) is 3.35. The first-order valence-electron chi connectivity index (χ1n) is 10.8. The summed E-state index contributed by atoms with van der Waals surface area (Å²) in [6, 6.07) is 11.7. The molecule has 4 N–H and O–H groups in total. The molecule has 1 saturated heterocycles. The number of rotatable bonds is 7. The topological polar surface area (TPSA) is 137 Å². The number of carbonyl (C=O) groups is 4. The predicted molar refractivity (Wildman–Crippen MR) is 126 cm³/mol. The Morgan fingerprint density at radius 2 is 1.74 bits per heavy atom. The molecule has 1 unspecified atom stereocenters. The first-order valence-corrected chi connectivity index (χ1v) is 10.8. The van der Waals surface area contributed by atoms with Crippen LogP contribution in [-0.2, 0) is 16.0 Å². The summed E-state index contributed by atoms with van der Waals surface area (Å²) >= 11 is 0. The number of alkyl carbamates (subject to hydrolysis) is 1. The number of carbonyl (C=O) groups excluding carboxylic acids is 3. The van der Waals surface area contributed by atoms with Crippen LogP contribution in [0, 0.1) is 0 Å². The van der Waals surface area contributed by atoms with Gasteiger partial charge in [0.05, 0.1) is 5.56 Å². The molecule has 10 nitrogen and oxygen atoms in total. The second-order valence-electron chi connectivity index (χ2n) is 8.82. The maximum Gasteiger partial charge on any atom is 0.408 e. The Morgan fingerprint density at radius 1 is 1.09 bits per heavy atom. The molecule has 0 spiro atoms. The van der Waals surface area contributed by atoms with Crippen molar-refractivity contribution in [3.8, 4) is 0 Å². The first kappa shape index (κ1) is 24.6. The number of anilines is 2. The molecule has 180 valence electrons. The monoisotopic (exact) mass is 468 g/mol. The van der Waals surface area contributed by atoms with Crippen molar-refractivity contribution in [2.24, 2.45) is 0 Å². The minimum absolute atomic E-state index is 0.0909. The highest BCUT2D eigenvalue weighted by molar-refractivity contribution is 5.97. The van der Waals surface area contributed by atoms with E-state index in [2.05, 4.69) is 16.0 Å². The Balaban J connectivity index is 1.74. The fraction of sp³-hybridized carbons (Fsp3) is 0.333. The number of carboxylic acids is 1. The maximum atomic E-state index is 13.0. The van der Waals surface area contributed by atoms with E-state index in [1.165, 1.54) is 24.3 Å². The highest BCUT2D eigenvalue weighted by Gasteiger charge is 2.26. The number of ether oxygens (including phenoxy) is 1. The van der Waals surface area contributed by atoms with Gasteiger partial charge in [0.1, 0.15) is 11.6 Å². The van der Waals surface area contributed by atoms with Crippen LogP contribution in [0.1, 0.15) is 36.7 Å². The second-order valence-corrected chi connectivity index (χ2v) is 8.82. The third kappa shape index (κ3) is 6.71. The van der Waals surface area contributed by atoms with Gasteiger partial charge in [-0.15, -0.1) is 0 Å². The Bertz CT molecular complexity index is 1060. The van der Waals surface area contributed by atoms with Gasteiger partial charge in [-0.2, -0.15) is 0 Å². The van der Waals surface area contributed by atoms with Crippen LogP contribution in [0.3, 0.4) is 0 Å². The van der Waals surface area contributed by atoms with Crippen LogP contribution in [0.4, 0.5) is 21.0 Å². The number of hydrogen-bond acceptors (Lipinski definition) is 5. The fourth-order valence-electron chi connectivity index (χ4n) is 3.35. The molecule has 2 aromatic carbocycles. The minimum atomic E-state index is -1.07. The third-order valence-corrected chi connectivity index (χ3v) is 4.95. The molecule has 4 amide bonds. The molecule has 1 aliphatic rings. The zero-order chi connectivity index (χ0) is 24.9. The smallest absolute Gasteiger partial charge is 0.408 e. The number of hydrogen-bond donors (Lipinski definition) is 4. The van der Waals surface area contributed by atoms with E-state index in [-0.39, 0.29) is 18.0 Å². The highest BCUT2D eigenvalue weighted by Crippen LogP contribution is 2.19. The largest absolute Gasteiger partial charge is 0.478 e. The lowest BCUT2D eigenvalue weighted by Gasteiger charge is -2.23. The highest BCUT2D eigenvalue weighted by atomic mass is 16.6. The number of nitrogens with one attached hydrogen (secondary N) is 3. The number of benzene rings is 2. The molecule has 1 heterocycles. The molecule has 0 radical (unpaired) electrons. The Labute approximate surface area is 197 Å². The van der Waals surface area contributed by atoms with Crippen molar-refractivity contribution in [3.63, 3.8) is 0 Å². The van der Waals surface area contributed by atoms with Crippen molar-refractivity contribution in [1.29, 1.82) is 0 Å². The van der Waals surface area contributed by atoms with Gasteiger partial charge in [-0.1, -0.05) is 12.1 Å². The maximum absolute atomic E-state index is 13.0. The molecule has 1 atom stereocenters. The van der Waals surface area contributed by atoms with E-state index in [0.717, 1.165) is 11.3 Å². The van der Waals surface area contributed by atoms with Gasteiger partial charge >= 0.3 is 18.1 Å². The van der Waals surface area contributed by atoms with Crippen LogP contribution >= 0.6 is 0 Å². The van der Waals surface area contributed by atoms with Gasteiger partial charge in [-0.25, -0.2) is 14.4 Å². The van der Waals surface area contributed by atoms with Gasteiger partial charge in [-0.3, -0.25) is 9.69 Å². The van der Waals surface area contributed by atoms with Crippen LogP contribution < -0.4 is 20.9 Å². The van der Waals surface area contributed by atoms with E-state index in [4.69, 9.17) is 9.84 Å². The number of nitrogens with zero attached hydrogens (tertiary/aromatic N) is 1. The summed E-state index contributed by atoms with van der Waals surface area (Å²) in [5, 5.41) is 17.1. The molecule has 34 heavy (non-hydrogen) atoms. The van der Waals surface area contributed by atoms with Crippen LogP contribution in [0.2, 0.25) is 0 Å². The lowest BCUT2D eigenvalue weighted by Crippen LogP contribution is -2.47. The van der Waals surface area contributed by atoms with E-state index in [1.54, 1.807) is 49.9 Å². The SMILES string of the molecule is CC(C)(C)OC(=O)NC(Cc1ccc(N2CCNC2=O)cc1)C(=O)Nc1ccc(C(=O)O)cc1. The summed E-state index contributed by atoms with van der Waals surface area (Å²) in [7, 11) is 0. The standard InChI is InChI=1S/C24H28N4O6/c1-24(2,3)34-23(33)27-19(20(29)26-17-8-6-16(7-9-17)21(30)31)14-15-4-10-18(11-5-15)28-13-12-25-22(28)32/h4-11,19H,12-14H2,1-3H3,(H,25,32)(H,26,29)(H,27,33)(H,30,31). The molecular weight excluding hydrogens is 440 g/mol. The first-order chi connectivity index (χ1) is 16.0. The summed E-state index contributed by atoms with van der Waals surface area (Å²) in [6.07, 6.45) is -0.565. The van der Waals surface area contributed by atoms with Crippen molar-refractivity contribution in [2.75, 3.05) is 23.3 Å². The van der Waals surface area contributed by atoms with E-state index >= 15 is 0 Å². The minimum Gasteiger partial charge on any atom is -0.478 e. The Morgan fingerprint density at radius 3 is 2.26 bits per heavy atom. The van der Waals surface area contributed by atoms with Gasteiger partial charge in [0.2, 0.25) is 5.91 Å². The van der Waals surface area contributed by atoms with E-state index < -0.39 is 29.6 Å². The summed E-state index contributed by atoms with van der Waals surface area (Å²) in [6.45, 7) is 6.32. The number of aromatic carboxylic acids is 1. The molecule has 1 aliphatic heterocycles. The van der Waals surface area contributed by atoms with E-state index in [1.807, 2.05) is 0 Å². The lowest BCUT2D eigenvalue weighted by atomic mass is 10.0. The average Bonchev–Trinajstić information content (AvgIpc) is 3.18. The quantitative estimate of drug-likeness (QED) is 0.493. The summed E-state index contributed by atoms with van der Waals surface area (Å²) < 4.78 is 5.30. The van der Waals surface area contributed by atoms with Gasteiger partial charge in [0, 0.05) is 30.9 Å². The second kappa shape index (κ2) is 10.2. The van der Waals surface area contributed by atoms with Crippen LogP contribution in [0.5, 0.6) is 0 Å². The summed E-state index contributed by atoms with van der Waals surface area (Å²) in [5.74, 6) is -1.56. The van der Waals surface area contributed by atoms with E-state index in [9.17, 15) is 19.2 Å². The molecule has 3 rings (SSSR count). The van der Waals surface area contributed by atoms with Crippen molar-refractivity contribution in [2.45, 2.75) is 38.8 Å². The van der Waals surface area contributed by atoms with Crippen molar-refractivity contribution >= 4 is 35.4 Å². The van der Waals surface area contributed by atoms with E-state index in [0.29, 0.717) is 18.8 Å². The Hall–Kier alpha value is -4.08. The van der Waals surface area contributed by atoms with Gasteiger partial charge < -0.3 is 25.8 Å². The molecule has 10 heteroatoms. The van der Waals surface area contributed by atoms with Crippen LogP contribution in [0.25, 0.3) is 0 Å². The molecule has 0 aromatic heterocycles.